The first-order chi connectivity index (χ1) is 9.38. The van der Waals surface area contributed by atoms with E-state index in [1.165, 1.54) is 18.4 Å². The Labute approximate surface area is 114 Å². The Kier molecular flexibility index (Phi) is 3.65. The lowest BCUT2D eigenvalue weighted by molar-refractivity contribution is 0.417. The third kappa shape index (κ3) is 2.87. The summed E-state index contributed by atoms with van der Waals surface area (Å²) in [5.41, 5.74) is 1.19. The minimum atomic E-state index is 0.585. The van der Waals surface area contributed by atoms with Crippen LogP contribution in [0.3, 0.4) is 0 Å². The lowest BCUT2D eigenvalue weighted by atomic mass is 10.1. The summed E-state index contributed by atoms with van der Waals surface area (Å²) in [5.74, 6) is 1.93. The van der Waals surface area contributed by atoms with E-state index >= 15 is 0 Å². The van der Waals surface area contributed by atoms with Crippen LogP contribution in [0, 0.1) is 5.92 Å². The van der Waals surface area contributed by atoms with E-state index in [1.54, 1.807) is 0 Å². The second-order valence-corrected chi connectivity index (χ2v) is 5.27. The van der Waals surface area contributed by atoms with Gasteiger partial charge < -0.3 is 9.88 Å². The molecule has 3 rings (SSSR count). The Morgan fingerprint density at radius 3 is 2.79 bits per heavy atom. The predicted molar refractivity (Wildman–Crippen MR) is 77.9 cm³/mol. The molecule has 3 nitrogen and oxygen atoms in total. The minimum absolute atomic E-state index is 0.585. The summed E-state index contributed by atoms with van der Waals surface area (Å²) >= 11 is 0. The molecule has 1 aliphatic carbocycles. The number of imidazole rings is 1. The summed E-state index contributed by atoms with van der Waals surface area (Å²) in [5, 5.41) is 3.61. The number of aromatic nitrogens is 2. The van der Waals surface area contributed by atoms with Crippen LogP contribution in [0.15, 0.2) is 42.7 Å². The van der Waals surface area contributed by atoms with Gasteiger partial charge in [0.25, 0.3) is 0 Å². The van der Waals surface area contributed by atoms with Gasteiger partial charge in [0.1, 0.15) is 5.82 Å². The van der Waals surface area contributed by atoms with Gasteiger partial charge in [-0.25, -0.2) is 4.98 Å². The van der Waals surface area contributed by atoms with Crippen LogP contribution in [0.2, 0.25) is 0 Å². The largest absolute Gasteiger partial charge is 0.329 e. The van der Waals surface area contributed by atoms with Crippen molar-refractivity contribution in [2.75, 3.05) is 6.54 Å². The molecule has 1 atom stereocenters. The maximum Gasteiger partial charge on any atom is 0.139 e. The molecule has 1 N–H and O–H groups in total. The van der Waals surface area contributed by atoms with Gasteiger partial charge in [-0.2, -0.15) is 0 Å². The molecule has 1 fully saturated rings. The number of nitrogens with zero attached hydrogens (tertiary/aromatic N) is 2. The maximum absolute atomic E-state index is 4.51. The highest BCUT2D eigenvalue weighted by molar-refractivity contribution is 5.55. The SMILES string of the molecule is CCNC(Cn1ccnc1-c1ccccc1)C1CC1. The number of rotatable bonds is 6. The second-order valence-electron chi connectivity index (χ2n) is 5.27. The maximum atomic E-state index is 4.51. The van der Waals surface area contributed by atoms with Crippen molar-refractivity contribution in [3.63, 3.8) is 0 Å². The summed E-state index contributed by atoms with van der Waals surface area (Å²) in [4.78, 5) is 4.51. The van der Waals surface area contributed by atoms with Crippen LogP contribution in [0.1, 0.15) is 19.8 Å². The smallest absolute Gasteiger partial charge is 0.139 e. The van der Waals surface area contributed by atoms with Crippen molar-refractivity contribution in [3.8, 4) is 11.4 Å². The summed E-state index contributed by atoms with van der Waals surface area (Å²) < 4.78 is 2.28. The topological polar surface area (TPSA) is 29.9 Å². The van der Waals surface area contributed by atoms with Gasteiger partial charge in [0.15, 0.2) is 0 Å². The number of hydrogen-bond donors (Lipinski definition) is 1. The molecular weight excluding hydrogens is 234 g/mol. The van der Waals surface area contributed by atoms with Gasteiger partial charge in [-0.15, -0.1) is 0 Å². The Hall–Kier alpha value is -1.61. The van der Waals surface area contributed by atoms with Crippen molar-refractivity contribution in [1.29, 1.82) is 0 Å². The fraction of sp³-hybridized carbons (Fsp3) is 0.438. The summed E-state index contributed by atoms with van der Waals surface area (Å²) in [6.07, 6.45) is 6.73. The Morgan fingerprint density at radius 1 is 1.32 bits per heavy atom. The molecule has 2 aromatic rings. The van der Waals surface area contributed by atoms with Gasteiger partial charge in [-0.05, 0) is 25.3 Å². The molecule has 0 aliphatic heterocycles. The molecule has 1 aliphatic rings. The highest BCUT2D eigenvalue weighted by Gasteiger charge is 2.31. The van der Waals surface area contributed by atoms with Crippen LogP contribution < -0.4 is 5.32 Å². The van der Waals surface area contributed by atoms with Crippen LogP contribution in [0.4, 0.5) is 0 Å². The van der Waals surface area contributed by atoms with Gasteiger partial charge in [-0.3, -0.25) is 0 Å². The van der Waals surface area contributed by atoms with E-state index in [1.807, 2.05) is 12.3 Å². The van der Waals surface area contributed by atoms with Gasteiger partial charge in [0, 0.05) is 30.5 Å². The molecule has 19 heavy (non-hydrogen) atoms. The van der Waals surface area contributed by atoms with Crippen molar-refractivity contribution >= 4 is 0 Å². The van der Waals surface area contributed by atoms with Gasteiger partial charge >= 0.3 is 0 Å². The van der Waals surface area contributed by atoms with E-state index in [-0.39, 0.29) is 0 Å². The van der Waals surface area contributed by atoms with E-state index in [0.717, 1.165) is 24.8 Å². The molecule has 1 heterocycles. The molecule has 100 valence electrons. The van der Waals surface area contributed by atoms with E-state index in [9.17, 15) is 0 Å². The fourth-order valence-electron chi connectivity index (χ4n) is 2.66. The average Bonchev–Trinajstić information content (AvgIpc) is 3.19. The van der Waals surface area contributed by atoms with Crippen molar-refractivity contribution < 1.29 is 0 Å². The van der Waals surface area contributed by atoms with Crippen LogP contribution in [-0.4, -0.2) is 22.1 Å². The molecule has 1 unspecified atom stereocenters. The van der Waals surface area contributed by atoms with Gasteiger partial charge in [0.05, 0.1) is 0 Å². The number of benzene rings is 1. The van der Waals surface area contributed by atoms with Gasteiger partial charge in [0.2, 0.25) is 0 Å². The minimum Gasteiger partial charge on any atom is -0.329 e. The lowest BCUT2D eigenvalue weighted by Crippen LogP contribution is -2.35. The summed E-state index contributed by atoms with van der Waals surface area (Å²) in [6, 6.07) is 11.0. The predicted octanol–water partition coefficient (Wildman–Crippen LogP) is 2.94. The first-order valence-corrected chi connectivity index (χ1v) is 7.18. The molecule has 1 saturated carbocycles. The quantitative estimate of drug-likeness (QED) is 0.860. The Morgan fingerprint density at radius 2 is 2.11 bits per heavy atom. The molecule has 0 radical (unpaired) electrons. The molecule has 0 saturated heterocycles. The second kappa shape index (κ2) is 5.57. The van der Waals surface area contributed by atoms with E-state index < -0.39 is 0 Å². The average molecular weight is 255 g/mol. The van der Waals surface area contributed by atoms with Crippen molar-refractivity contribution in [1.82, 2.24) is 14.9 Å². The first kappa shape index (κ1) is 12.4. The summed E-state index contributed by atoms with van der Waals surface area (Å²) in [7, 11) is 0. The lowest BCUT2D eigenvalue weighted by Gasteiger charge is -2.19. The Bertz CT molecular complexity index is 514. The summed E-state index contributed by atoms with van der Waals surface area (Å²) in [6.45, 7) is 4.24. The zero-order valence-corrected chi connectivity index (χ0v) is 11.4. The normalized spacial score (nSPS) is 16.5. The van der Waals surface area contributed by atoms with Crippen LogP contribution in [-0.2, 0) is 6.54 Å². The zero-order valence-electron chi connectivity index (χ0n) is 11.4. The van der Waals surface area contributed by atoms with Crippen molar-refractivity contribution in [2.45, 2.75) is 32.4 Å². The van der Waals surface area contributed by atoms with E-state index in [2.05, 4.69) is 52.3 Å². The molecule has 1 aromatic carbocycles. The first-order valence-electron chi connectivity index (χ1n) is 7.18. The third-order valence-corrected chi connectivity index (χ3v) is 3.80. The zero-order chi connectivity index (χ0) is 13.1. The molecule has 0 bridgehead atoms. The highest BCUT2D eigenvalue weighted by Crippen LogP contribution is 2.33. The molecule has 3 heteroatoms. The fourth-order valence-corrected chi connectivity index (χ4v) is 2.66. The monoisotopic (exact) mass is 255 g/mol. The van der Waals surface area contributed by atoms with Crippen LogP contribution in [0.5, 0.6) is 0 Å². The van der Waals surface area contributed by atoms with E-state index in [0.29, 0.717) is 6.04 Å². The van der Waals surface area contributed by atoms with Crippen LogP contribution >= 0.6 is 0 Å². The van der Waals surface area contributed by atoms with Crippen molar-refractivity contribution in [2.24, 2.45) is 5.92 Å². The third-order valence-electron chi connectivity index (χ3n) is 3.80. The van der Waals surface area contributed by atoms with Crippen molar-refractivity contribution in [3.05, 3.63) is 42.7 Å². The number of nitrogens with one attached hydrogen (secondary N) is 1. The Balaban J connectivity index is 1.80. The number of hydrogen-bond acceptors (Lipinski definition) is 2. The molecule has 0 amide bonds. The molecule has 1 aromatic heterocycles. The standard InChI is InChI=1S/C16H21N3/c1-2-17-15(13-8-9-13)12-19-11-10-18-16(19)14-6-4-3-5-7-14/h3-7,10-11,13,15,17H,2,8-9,12H2,1H3. The molecular formula is C16H21N3. The number of likely N-dealkylation sites (N-methyl/N-ethyl adjacent to an activating group) is 1. The van der Waals surface area contributed by atoms with Crippen LogP contribution in [0.25, 0.3) is 11.4 Å². The van der Waals surface area contributed by atoms with Gasteiger partial charge in [-0.1, -0.05) is 37.3 Å². The van der Waals surface area contributed by atoms with E-state index in [4.69, 9.17) is 0 Å². The highest BCUT2D eigenvalue weighted by atomic mass is 15.1. The molecule has 0 spiro atoms.